The average molecular weight is 560 g/mol. The molecule has 2 N–H and O–H groups in total. The first-order valence-electron chi connectivity index (χ1n) is 11.6. The van der Waals surface area contributed by atoms with Crippen molar-refractivity contribution >= 4 is 49.9 Å². The summed E-state index contributed by atoms with van der Waals surface area (Å²) in [4.78, 5) is 24.5. The van der Waals surface area contributed by atoms with E-state index in [0.29, 0.717) is 35.1 Å². The number of carbonyl (C=O) groups is 2. The van der Waals surface area contributed by atoms with E-state index < -0.39 is 11.8 Å². The van der Waals surface area contributed by atoms with Gasteiger partial charge in [0.05, 0.1) is 12.8 Å². The molecule has 0 heterocycles. The highest BCUT2D eigenvalue weighted by Crippen LogP contribution is 2.30. The van der Waals surface area contributed by atoms with Crippen LogP contribution < -0.4 is 20.2 Å². The number of carbonyl (C=O) groups excluding carboxylic acids is 2. The topological polar surface area (TPSA) is 89.0 Å². The van der Waals surface area contributed by atoms with Crippen molar-refractivity contribution in [2.45, 2.75) is 20.5 Å². The highest BCUT2D eigenvalue weighted by Gasteiger charge is 2.15. The lowest BCUT2D eigenvalue weighted by Crippen LogP contribution is -2.33. The summed E-state index contributed by atoms with van der Waals surface area (Å²) in [5.41, 5.74) is 5.95. The lowest BCUT2D eigenvalue weighted by atomic mass is 10.1. The Morgan fingerprint density at radius 1 is 0.919 bits per heavy atom. The second kappa shape index (κ2) is 11.7. The predicted octanol–water partition coefficient (Wildman–Crippen LogP) is 5.98. The lowest BCUT2D eigenvalue weighted by molar-refractivity contribution is -0.136. The Kier molecular flexibility index (Phi) is 8.20. The number of fused-ring (bicyclic) bond motifs is 1. The number of halogens is 1. The van der Waals surface area contributed by atoms with Crippen LogP contribution in [0, 0.1) is 6.92 Å². The Bertz CT molecular complexity index is 1490. The van der Waals surface area contributed by atoms with Gasteiger partial charge in [0.25, 0.3) is 0 Å². The van der Waals surface area contributed by atoms with Crippen LogP contribution in [0.15, 0.2) is 88.4 Å². The molecule has 0 aliphatic rings. The van der Waals surface area contributed by atoms with Crippen molar-refractivity contribution in [2.24, 2.45) is 5.10 Å². The molecule has 4 aromatic carbocycles. The number of benzene rings is 4. The SMILES string of the molecule is COc1cc(/C(C)=N/NC(=O)C(=O)Nc2ccc(Br)cc2C)ccc1OCc1cccc2ccccc12. The van der Waals surface area contributed by atoms with Crippen LogP contribution >= 0.6 is 15.9 Å². The van der Waals surface area contributed by atoms with E-state index in [1.165, 1.54) is 0 Å². The van der Waals surface area contributed by atoms with E-state index in [0.717, 1.165) is 26.4 Å². The van der Waals surface area contributed by atoms with Crippen molar-refractivity contribution in [3.8, 4) is 11.5 Å². The van der Waals surface area contributed by atoms with Gasteiger partial charge in [0.2, 0.25) is 0 Å². The van der Waals surface area contributed by atoms with Crippen molar-refractivity contribution in [2.75, 3.05) is 12.4 Å². The summed E-state index contributed by atoms with van der Waals surface area (Å²) in [6.45, 7) is 3.94. The minimum Gasteiger partial charge on any atom is -0.493 e. The number of nitrogens with zero attached hydrogens (tertiary/aromatic N) is 1. The molecule has 0 fully saturated rings. The van der Waals surface area contributed by atoms with Gasteiger partial charge in [-0.2, -0.15) is 5.10 Å². The fourth-order valence-corrected chi connectivity index (χ4v) is 4.26. The molecule has 0 atom stereocenters. The zero-order valence-electron chi connectivity index (χ0n) is 20.7. The smallest absolute Gasteiger partial charge is 0.329 e. The number of amides is 2. The number of anilines is 1. The van der Waals surface area contributed by atoms with Crippen LogP contribution in [0.25, 0.3) is 10.8 Å². The minimum absolute atomic E-state index is 0.382. The third-order valence-electron chi connectivity index (χ3n) is 5.81. The summed E-state index contributed by atoms with van der Waals surface area (Å²) in [6.07, 6.45) is 0. The van der Waals surface area contributed by atoms with Gasteiger partial charge < -0.3 is 14.8 Å². The quantitative estimate of drug-likeness (QED) is 0.166. The molecule has 2 amide bonds. The standard InChI is InChI=1S/C29H26BrN3O4/c1-18-15-23(30)12-13-25(18)31-28(34)29(35)33-32-19(2)21-11-14-26(27(16-21)36-3)37-17-22-9-6-8-20-7-4-5-10-24(20)22/h4-16H,17H2,1-3H3,(H,31,34)(H,33,35)/b32-19+. The van der Waals surface area contributed by atoms with Crippen molar-refractivity contribution < 1.29 is 19.1 Å². The molecule has 188 valence electrons. The van der Waals surface area contributed by atoms with Crippen molar-refractivity contribution in [3.63, 3.8) is 0 Å². The Balaban J connectivity index is 1.41. The minimum atomic E-state index is -0.872. The van der Waals surface area contributed by atoms with Crippen LogP contribution in [0.1, 0.15) is 23.6 Å². The zero-order valence-corrected chi connectivity index (χ0v) is 22.3. The molecule has 0 saturated carbocycles. The van der Waals surface area contributed by atoms with Gasteiger partial charge in [0.1, 0.15) is 6.61 Å². The van der Waals surface area contributed by atoms with Gasteiger partial charge in [-0.25, -0.2) is 5.43 Å². The Labute approximate surface area is 223 Å². The number of hydrogen-bond donors (Lipinski definition) is 2. The fraction of sp³-hybridized carbons (Fsp3) is 0.138. The zero-order chi connectivity index (χ0) is 26.4. The average Bonchev–Trinajstić information content (AvgIpc) is 2.91. The highest BCUT2D eigenvalue weighted by molar-refractivity contribution is 9.10. The normalized spacial score (nSPS) is 11.2. The molecule has 8 heteroatoms. The van der Waals surface area contributed by atoms with Crippen molar-refractivity contribution in [1.82, 2.24) is 5.43 Å². The van der Waals surface area contributed by atoms with Crippen molar-refractivity contribution in [1.29, 1.82) is 0 Å². The molecular weight excluding hydrogens is 534 g/mol. The molecular formula is C29H26BrN3O4. The van der Waals surface area contributed by atoms with E-state index in [4.69, 9.17) is 9.47 Å². The van der Waals surface area contributed by atoms with E-state index in [2.05, 4.69) is 50.0 Å². The van der Waals surface area contributed by atoms with E-state index in [-0.39, 0.29) is 0 Å². The van der Waals surface area contributed by atoms with Crippen LogP contribution in [0.3, 0.4) is 0 Å². The van der Waals surface area contributed by atoms with Gasteiger partial charge >= 0.3 is 11.8 Å². The molecule has 0 aliphatic carbocycles. The van der Waals surface area contributed by atoms with Crippen LogP contribution in [-0.2, 0) is 16.2 Å². The monoisotopic (exact) mass is 559 g/mol. The molecule has 0 aliphatic heterocycles. The third-order valence-corrected chi connectivity index (χ3v) is 6.31. The molecule has 0 bridgehead atoms. The molecule has 37 heavy (non-hydrogen) atoms. The summed E-state index contributed by atoms with van der Waals surface area (Å²) < 4.78 is 12.5. The van der Waals surface area contributed by atoms with Gasteiger partial charge in [-0.15, -0.1) is 0 Å². The summed E-state index contributed by atoms with van der Waals surface area (Å²) in [5.74, 6) is -0.567. The third kappa shape index (κ3) is 6.34. The summed E-state index contributed by atoms with van der Waals surface area (Å²) in [6, 6.07) is 25.0. The van der Waals surface area contributed by atoms with Gasteiger partial charge in [0, 0.05) is 15.7 Å². The number of methoxy groups -OCH3 is 1. The van der Waals surface area contributed by atoms with Crippen LogP contribution in [0.2, 0.25) is 0 Å². The Morgan fingerprint density at radius 2 is 1.70 bits per heavy atom. The van der Waals surface area contributed by atoms with E-state index in [1.807, 2.05) is 43.3 Å². The number of ether oxygens (including phenoxy) is 2. The van der Waals surface area contributed by atoms with E-state index in [1.54, 1.807) is 38.3 Å². The van der Waals surface area contributed by atoms with Crippen LogP contribution in [0.4, 0.5) is 5.69 Å². The molecule has 0 unspecified atom stereocenters. The number of nitrogens with one attached hydrogen (secondary N) is 2. The Hall–Kier alpha value is -4.17. The summed E-state index contributed by atoms with van der Waals surface area (Å²) in [5, 5.41) is 8.96. The van der Waals surface area contributed by atoms with Crippen LogP contribution in [-0.4, -0.2) is 24.6 Å². The number of hydrazone groups is 1. The van der Waals surface area contributed by atoms with Gasteiger partial charge in [-0.05, 0) is 72.1 Å². The van der Waals surface area contributed by atoms with E-state index >= 15 is 0 Å². The molecule has 4 aromatic rings. The summed E-state index contributed by atoms with van der Waals surface area (Å²) in [7, 11) is 1.56. The maximum absolute atomic E-state index is 12.3. The predicted molar refractivity (Wildman–Crippen MR) is 149 cm³/mol. The molecule has 7 nitrogen and oxygen atoms in total. The summed E-state index contributed by atoms with van der Waals surface area (Å²) >= 11 is 3.37. The Morgan fingerprint density at radius 3 is 2.49 bits per heavy atom. The molecule has 4 rings (SSSR count). The number of hydrogen-bond acceptors (Lipinski definition) is 5. The first kappa shape index (κ1) is 25.9. The van der Waals surface area contributed by atoms with Gasteiger partial charge in [-0.3, -0.25) is 9.59 Å². The first-order chi connectivity index (χ1) is 17.9. The molecule has 0 radical (unpaired) electrons. The highest BCUT2D eigenvalue weighted by atomic mass is 79.9. The molecule has 0 saturated heterocycles. The second-order valence-corrected chi connectivity index (χ2v) is 9.26. The molecule has 0 aromatic heterocycles. The lowest BCUT2D eigenvalue weighted by Gasteiger charge is -2.13. The molecule has 0 spiro atoms. The van der Waals surface area contributed by atoms with Crippen LogP contribution in [0.5, 0.6) is 11.5 Å². The van der Waals surface area contributed by atoms with Gasteiger partial charge in [-0.1, -0.05) is 58.4 Å². The van der Waals surface area contributed by atoms with Gasteiger partial charge in [0.15, 0.2) is 11.5 Å². The first-order valence-corrected chi connectivity index (χ1v) is 12.3. The fourth-order valence-electron chi connectivity index (χ4n) is 3.78. The number of aryl methyl sites for hydroxylation is 1. The maximum atomic E-state index is 12.3. The van der Waals surface area contributed by atoms with E-state index in [9.17, 15) is 9.59 Å². The maximum Gasteiger partial charge on any atom is 0.329 e. The largest absolute Gasteiger partial charge is 0.493 e. The number of rotatable bonds is 7. The second-order valence-electron chi connectivity index (χ2n) is 8.34. The van der Waals surface area contributed by atoms with Crippen molar-refractivity contribution in [3.05, 3.63) is 100 Å².